The first-order chi connectivity index (χ1) is 13.6. The quantitative estimate of drug-likeness (QED) is 0.530. The van der Waals surface area contributed by atoms with E-state index in [9.17, 15) is 4.79 Å². The Hall–Kier alpha value is -3.12. The lowest BCUT2D eigenvalue weighted by molar-refractivity contribution is -0.133. The third-order valence-electron chi connectivity index (χ3n) is 4.02. The average Bonchev–Trinajstić information content (AvgIpc) is 3.16. The van der Waals surface area contributed by atoms with E-state index in [0.29, 0.717) is 29.0 Å². The van der Waals surface area contributed by atoms with Crippen LogP contribution in [-0.2, 0) is 11.3 Å². The zero-order valence-electron chi connectivity index (χ0n) is 15.5. The molecular formula is C21H20ClN3O3. The van der Waals surface area contributed by atoms with Gasteiger partial charge < -0.3 is 14.2 Å². The molecule has 0 aliphatic rings. The molecule has 0 aliphatic heterocycles. The third kappa shape index (κ3) is 4.98. The zero-order valence-corrected chi connectivity index (χ0v) is 16.2. The van der Waals surface area contributed by atoms with Gasteiger partial charge in [0.25, 0.3) is 5.91 Å². The fourth-order valence-electron chi connectivity index (χ4n) is 2.60. The number of aromatic nitrogens is 2. The summed E-state index contributed by atoms with van der Waals surface area (Å²) in [6.45, 7) is 5.97. The molecule has 0 fully saturated rings. The number of aryl methyl sites for hydroxylation is 1. The van der Waals surface area contributed by atoms with E-state index in [1.807, 2.05) is 37.3 Å². The maximum absolute atomic E-state index is 12.6. The molecule has 0 saturated carbocycles. The van der Waals surface area contributed by atoms with Gasteiger partial charge in [-0.25, -0.2) is 0 Å². The number of amides is 1. The fourth-order valence-corrected chi connectivity index (χ4v) is 2.83. The predicted molar refractivity (Wildman–Crippen MR) is 107 cm³/mol. The van der Waals surface area contributed by atoms with Gasteiger partial charge in [-0.1, -0.05) is 53.2 Å². The van der Waals surface area contributed by atoms with E-state index >= 15 is 0 Å². The summed E-state index contributed by atoms with van der Waals surface area (Å²) < 4.78 is 10.9. The standard InChI is InChI=1S/C21H20ClN3O3/c1-3-11-25(20(26)14-27-18-10-9-17(22)12-15(18)2)13-19-23-21(24-28-19)16-7-5-4-6-8-16/h3-10,12H,1,11,13-14H2,2H3. The third-order valence-corrected chi connectivity index (χ3v) is 4.25. The van der Waals surface area contributed by atoms with Crippen LogP contribution in [0.5, 0.6) is 5.75 Å². The molecular weight excluding hydrogens is 378 g/mol. The maximum Gasteiger partial charge on any atom is 0.261 e. The molecule has 2 aromatic carbocycles. The number of hydrogen-bond donors (Lipinski definition) is 0. The number of nitrogens with zero attached hydrogens (tertiary/aromatic N) is 3. The molecule has 0 bridgehead atoms. The van der Waals surface area contributed by atoms with Crippen molar-refractivity contribution in [3.8, 4) is 17.1 Å². The number of hydrogen-bond acceptors (Lipinski definition) is 5. The Morgan fingerprint density at radius 1 is 1.29 bits per heavy atom. The number of benzene rings is 2. The van der Waals surface area contributed by atoms with Gasteiger partial charge in [-0.2, -0.15) is 4.98 Å². The van der Waals surface area contributed by atoms with Crippen molar-refractivity contribution in [2.45, 2.75) is 13.5 Å². The molecule has 0 atom stereocenters. The highest BCUT2D eigenvalue weighted by Crippen LogP contribution is 2.22. The van der Waals surface area contributed by atoms with Crippen LogP contribution in [0.4, 0.5) is 0 Å². The maximum atomic E-state index is 12.6. The fraction of sp³-hybridized carbons (Fsp3) is 0.190. The van der Waals surface area contributed by atoms with Crippen molar-refractivity contribution in [1.29, 1.82) is 0 Å². The number of rotatable bonds is 8. The molecule has 6 nitrogen and oxygen atoms in total. The molecule has 1 aromatic heterocycles. The zero-order chi connectivity index (χ0) is 19.9. The van der Waals surface area contributed by atoms with Gasteiger partial charge in [0.05, 0.1) is 0 Å². The second kappa shape index (κ2) is 9.19. The summed E-state index contributed by atoms with van der Waals surface area (Å²) >= 11 is 5.94. The Labute approximate surface area is 168 Å². The molecule has 28 heavy (non-hydrogen) atoms. The minimum Gasteiger partial charge on any atom is -0.483 e. The Balaban J connectivity index is 1.65. The summed E-state index contributed by atoms with van der Waals surface area (Å²) in [5, 5.41) is 4.60. The number of halogens is 1. The molecule has 0 N–H and O–H groups in total. The van der Waals surface area contributed by atoms with E-state index in [1.54, 1.807) is 29.2 Å². The van der Waals surface area contributed by atoms with Crippen LogP contribution in [0.15, 0.2) is 65.7 Å². The SMILES string of the molecule is C=CCN(Cc1nc(-c2ccccc2)no1)C(=O)COc1ccc(Cl)cc1C. The summed E-state index contributed by atoms with van der Waals surface area (Å²) in [6, 6.07) is 14.7. The van der Waals surface area contributed by atoms with Crippen molar-refractivity contribution in [1.82, 2.24) is 15.0 Å². The van der Waals surface area contributed by atoms with Crippen molar-refractivity contribution in [2.75, 3.05) is 13.2 Å². The van der Waals surface area contributed by atoms with Crippen molar-refractivity contribution < 1.29 is 14.1 Å². The summed E-state index contributed by atoms with van der Waals surface area (Å²) in [6.07, 6.45) is 1.64. The number of carbonyl (C=O) groups is 1. The molecule has 144 valence electrons. The van der Waals surface area contributed by atoms with Crippen LogP contribution in [0.1, 0.15) is 11.5 Å². The smallest absolute Gasteiger partial charge is 0.261 e. The Bertz CT molecular complexity index is 957. The minimum absolute atomic E-state index is 0.115. The summed E-state index contributed by atoms with van der Waals surface area (Å²) in [4.78, 5) is 18.5. The van der Waals surface area contributed by atoms with Gasteiger partial charge in [0.1, 0.15) is 12.3 Å². The Morgan fingerprint density at radius 3 is 2.79 bits per heavy atom. The first-order valence-corrected chi connectivity index (χ1v) is 9.10. The average molecular weight is 398 g/mol. The van der Waals surface area contributed by atoms with E-state index in [1.165, 1.54) is 0 Å². The van der Waals surface area contributed by atoms with Crippen LogP contribution >= 0.6 is 11.6 Å². The van der Waals surface area contributed by atoms with Gasteiger partial charge in [0.2, 0.25) is 11.7 Å². The second-order valence-electron chi connectivity index (χ2n) is 6.14. The number of ether oxygens (including phenoxy) is 1. The molecule has 0 aliphatic carbocycles. The van der Waals surface area contributed by atoms with Crippen LogP contribution < -0.4 is 4.74 Å². The van der Waals surface area contributed by atoms with E-state index in [4.69, 9.17) is 20.9 Å². The normalized spacial score (nSPS) is 10.5. The second-order valence-corrected chi connectivity index (χ2v) is 6.58. The van der Waals surface area contributed by atoms with Gasteiger partial charge >= 0.3 is 0 Å². The summed E-state index contributed by atoms with van der Waals surface area (Å²) in [5.74, 6) is 1.22. The lowest BCUT2D eigenvalue weighted by Gasteiger charge is -2.19. The van der Waals surface area contributed by atoms with E-state index in [2.05, 4.69) is 16.7 Å². The van der Waals surface area contributed by atoms with Gasteiger partial charge in [-0.05, 0) is 30.7 Å². The van der Waals surface area contributed by atoms with Crippen molar-refractivity contribution >= 4 is 17.5 Å². The topological polar surface area (TPSA) is 68.5 Å². The van der Waals surface area contributed by atoms with E-state index < -0.39 is 0 Å². The Kier molecular flexibility index (Phi) is 6.45. The van der Waals surface area contributed by atoms with Crippen molar-refractivity contribution in [3.63, 3.8) is 0 Å². The van der Waals surface area contributed by atoms with Crippen molar-refractivity contribution in [2.24, 2.45) is 0 Å². The lowest BCUT2D eigenvalue weighted by atomic mass is 10.2. The molecule has 0 unspecified atom stereocenters. The molecule has 0 saturated heterocycles. The first kappa shape index (κ1) is 19.6. The molecule has 0 radical (unpaired) electrons. The van der Waals surface area contributed by atoms with E-state index in [0.717, 1.165) is 11.1 Å². The van der Waals surface area contributed by atoms with Gasteiger partial charge in [0, 0.05) is 17.1 Å². The van der Waals surface area contributed by atoms with Crippen LogP contribution in [0.2, 0.25) is 5.02 Å². The highest BCUT2D eigenvalue weighted by Gasteiger charge is 2.18. The molecule has 1 amide bonds. The number of carbonyl (C=O) groups excluding carboxylic acids is 1. The van der Waals surface area contributed by atoms with Crippen LogP contribution in [0.25, 0.3) is 11.4 Å². The summed E-state index contributed by atoms with van der Waals surface area (Å²) in [7, 11) is 0. The molecule has 3 rings (SSSR count). The highest BCUT2D eigenvalue weighted by atomic mass is 35.5. The molecule has 1 heterocycles. The van der Waals surface area contributed by atoms with Gasteiger partial charge in [0.15, 0.2) is 6.61 Å². The molecule has 0 spiro atoms. The predicted octanol–water partition coefficient (Wildman–Crippen LogP) is 4.29. The van der Waals surface area contributed by atoms with Crippen LogP contribution in [0.3, 0.4) is 0 Å². The van der Waals surface area contributed by atoms with Crippen LogP contribution in [-0.4, -0.2) is 34.1 Å². The molecule has 3 aromatic rings. The first-order valence-electron chi connectivity index (χ1n) is 8.72. The highest BCUT2D eigenvalue weighted by molar-refractivity contribution is 6.30. The summed E-state index contributed by atoms with van der Waals surface area (Å²) in [5.41, 5.74) is 1.71. The van der Waals surface area contributed by atoms with Gasteiger partial charge in [-0.15, -0.1) is 6.58 Å². The molecule has 7 heteroatoms. The largest absolute Gasteiger partial charge is 0.483 e. The van der Waals surface area contributed by atoms with Gasteiger partial charge in [-0.3, -0.25) is 4.79 Å². The van der Waals surface area contributed by atoms with E-state index in [-0.39, 0.29) is 19.1 Å². The lowest BCUT2D eigenvalue weighted by Crippen LogP contribution is -2.34. The van der Waals surface area contributed by atoms with Crippen LogP contribution in [0, 0.1) is 6.92 Å². The van der Waals surface area contributed by atoms with Crippen molar-refractivity contribution in [3.05, 3.63) is 77.7 Å². The monoisotopic (exact) mass is 397 g/mol. The Morgan fingerprint density at radius 2 is 2.07 bits per heavy atom. The minimum atomic E-state index is -0.214.